The van der Waals surface area contributed by atoms with Crippen LogP contribution in [0.2, 0.25) is 0 Å². The van der Waals surface area contributed by atoms with Crippen molar-refractivity contribution in [1.29, 1.82) is 0 Å². The maximum atomic E-state index is 2.38. The van der Waals surface area contributed by atoms with Crippen LogP contribution in [0.1, 0.15) is 5.56 Å². The van der Waals surface area contributed by atoms with Gasteiger partial charge >= 0.3 is 0 Å². The molecule has 2 aromatic carbocycles. The molecule has 2 aromatic rings. The lowest BCUT2D eigenvalue weighted by atomic mass is 10.2. The Morgan fingerprint density at radius 2 is 1.25 bits per heavy atom. The van der Waals surface area contributed by atoms with Gasteiger partial charge in [0.05, 0.1) is 0 Å². The zero-order valence-corrected chi connectivity index (χ0v) is 10.7. The van der Waals surface area contributed by atoms with Gasteiger partial charge in [0.2, 0.25) is 0 Å². The van der Waals surface area contributed by atoms with Crippen LogP contribution in [0.25, 0.3) is 0 Å². The van der Waals surface area contributed by atoms with E-state index in [1.165, 1.54) is 10.5 Å². The van der Waals surface area contributed by atoms with Gasteiger partial charge in [0.1, 0.15) is 0 Å². The van der Waals surface area contributed by atoms with Gasteiger partial charge in [0, 0.05) is 5.75 Å². The van der Waals surface area contributed by atoms with Crippen molar-refractivity contribution in [3.05, 3.63) is 66.2 Å². The number of rotatable bonds is 3. The van der Waals surface area contributed by atoms with E-state index in [2.05, 4.69) is 73.2 Å². The minimum atomic E-state index is -0.713. The quantitative estimate of drug-likeness (QED) is 0.737. The van der Waals surface area contributed by atoms with E-state index in [0.29, 0.717) is 0 Å². The Morgan fingerprint density at radius 1 is 0.750 bits per heavy atom. The smallest absolute Gasteiger partial charge is 0.00584 e. The molecule has 0 spiro atoms. The van der Waals surface area contributed by atoms with E-state index in [9.17, 15) is 0 Å². The summed E-state index contributed by atoms with van der Waals surface area (Å²) in [6.07, 6.45) is 4.77. The largest absolute Gasteiger partial charge is 0.216 e. The Balaban J connectivity index is 2.21. The lowest BCUT2D eigenvalue weighted by molar-refractivity contribution is 1.34. The molecule has 0 unspecified atom stereocenters. The van der Waals surface area contributed by atoms with E-state index in [1.807, 2.05) is 0 Å². The fraction of sp³-hybridized carbons (Fsp3) is 0.200. The first-order valence-corrected chi connectivity index (χ1v) is 8.10. The van der Waals surface area contributed by atoms with Gasteiger partial charge in [-0.1, -0.05) is 60.7 Å². The number of benzene rings is 2. The van der Waals surface area contributed by atoms with Crippen molar-refractivity contribution in [2.45, 2.75) is 10.6 Å². The average molecular weight is 230 g/mol. The minimum absolute atomic E-state index is 0.713. The standard InChI is InChI=1S/C15H18S/c1-16(2,15-11-7-4-8-12-15)13-14-9-5-3-6-10-14/h3-12H,13H2,1-2H3. The predicted octanol–water partition coefficient (Wildman–Crippen LogP) is 4.31. The van der Waals surface area contributed by atoms with E-state index in [-0.39, 0.29) is 0 Å². The molecule has 0 aliphatic carbocycles. The average Bonchev–Trinajstić information content (AvgIpc) is 2.31. The van der Waals surface area contributed by atoms with Crippen molar-refractivity contribution >= 4 is 10.0 Å². The Kier molecular flexibility index (Phi) is 3.35. The molecule has 16 heavy (non-hydrogen) atoms. The molecule has 0 aliphatic rings. The van der Waals surface area contributed by atoms with Gasteiger partial charge in [0.25, 0.3) is 0 Å². The fourth-order valence-corrected chi connectivity index (χ4v) is 3.95. The molecule has 0 aromatic heterocycles. The molecule has 0 aliphatic heterocycles. The van der Waals surface area contributed by atoms with Crippen molar-refractivity contribution < 1.29 is 0 Å². The number of hydrogen-bond acceptors (Lipinski definition) is 0. The van der Waals surface area contributed by atoms with Crippen LogP contribution in [0.5, 0.6) is 0 Å². The molecule has 0 heterocycles. The molecule has 0 saturated heterocycles. The lowest BCUT2D eigenvalue weighted by Gasteiger charge is -2.31. The van der Waals surface area contributed by atoms with Crippen LogP contribution in [0.3, 0.4) is 0 Å². The van der Waals surface area contributed by atoms with Gasteiger partial charge in [-0.25, -0.2) is 10.0 Å². The van der Waals surface area contributed by atoms with Crippen LogP contribution in [0.15, 0.2) is 65.6 Å². The second kappa shape index (κ2) is 4.75. The summed E-state index contributed by atoms with van der Waals surface area (Å²) in [4.78, 5) is 1.49. The van der Waals surface area contributed by atoms with Crippen molar-refractivity contribution in [2.24, 2.45) is 0 Å². The summed E-state index contributed by atoms with van der Waals surface area (Å²) in [6, 6.07) is 21.6. The molecular formula is C15H18S. The molecule has 0 N–H and O–H groups in total. The molecule has 2 rings (SSSR count). The summed E-state index contributed by atoms with van der Waals surface area (Å²) in [5.41, 5.74) is 1.44. The van der Waals surface area contributed by atoms with Gasteiger partial charge in [-0.3, -0.25) is 0 Å². The monoisotopic (exact) mass is 230 g/mol. The highest BCUT2D eigenvalue weighted by atomic mass is 32.3. The topological polar surface area (TPSA) is 0 Å². The van der Waals surface area contributed by atoms with Gasteiger partial charge in [0.15, 0.2) is 0 Å². The first kappa shape index (κ1) is 11.3. The van der Waals surface area contributed by atoms with Gasteiger partial charge in [-0.05, 0) is 23.0 Å². The van der Waals surface area contributed by atoms with Crippen molar-refractivity contribution in [2.75, 3.05) is 12.5 Å². The Labute approximate surface area is 99.6 Å². The first-order valence-electron chi connectivity index (χ1n) is 5.48. The SMILES string of the molecule is CS(C)(Cc1ccccc1)c1ccccc1. The highest BCUT2D eigenvalue weighted by Crippen LogP contribution is 2.51. The first-order chi connectivity index (χ1) is 7.68. The molecule has 84 valence electrons. The molecule has 1 heteroatoms. The third kappa shape index (κ3) is 2.67. The van der Waals surface area contributed by atoms with E-state index in [4.69, 9.17) is 0 Å². The van der Waals surface area contributed by atoms with E-state index in [0.717, 1.165) is 5.75 Å². The molecule has 0 radical (unpaired) electrons. The maximum Gasteiger partial charge on any atom is 0.00584 e. The highest BCUT2D eigenvalue weighted by molar-refractivity contribution is 8.32. The summed E-state index contributed by atoms with van der Waals surface area (Å²) in [7, 11) is -0.713. The Morgan fingerprint density at radius 3 is 1.81 bits per heavy atom. The van der Waals surface area contributed by atoms with E-state index < -0.39 is 10.0 Å². The van der Waals surface area contributed by atoms with Crippen molar-refractivity contribution in [1.82, 2.24) is 0 Å². The van der Waals surface area contributed by atoms with Crippen molar-refractivity contribution in [3.63, 3.8) is 0 Å². The van der Waals surface area contributed by atoms with Crippen LogP contribution >= 0.6 is 10.0 Å². The second-order valence-corrected chi connectivity index (χ2v) is 8.32. The molecule has 0 atom stereocenters. The van der Waals surface area contributed by atoms with Crippen LogP contribution in [-0.2, 0) is 5.75 Å². The molecule has 0 bridgehead atoms. The maximum absolute atomic E-state index is 2.38. The molecular weight excluding hydrogens is 212 g/mol. The molecule has 0 amide bonds. The van der Waals surface area contributed by atoms with Gasteiger partial charge < -0.3 is 0 Å². The highest BCUT2D eigenvalue weighted by Gasteiger charge is 2.14. The van der Waals surface area contributed by atoms with E-state index in [1.54, 1.807) is 0 Å². The van der Waals surface area contributed by atoms with Crippen molar-refractivity contribution in [3.8, 4) is 0 Å². The van der Waals surface area contributed by atoms with Crippen LogP contribution in [-0.4, -0.2) is 12.5 Å². The molecule has 0 saturated carbocycles. The summed E-state index contributed by atoms with van der Waals surface area (Å²) in [6.45, 7) is 0. The summed E-state index contributed by atoms with van der Waals surface area (Å²) in [5, 5.41) is 0. The van der Waals surface area contributed by atoms with Gasteiger partial charge in [-0.15, -0.1) is 0 Å². The lowest BCUT2D eigenvalue weighted by Crippen LogP contribution is -2.00. The predicted molar refractivity (Wildman–Crippen MR) is 74.3 cm³/mol. The Hall–Kier alpha value is -1.21. The second-order valence-electron chi connectivity index (χ2n) is 4.48. The Bertz CT molecular complexity index is 432. The summed E-state index contributed by atoms with van der Waals surface area (Å²) >= 11 is 0. The summed E-state index contributed by atoms with van der Waals surface area (Å²) in [5.74, 6) is 1.16. The fourth-order valence-electron chi connectivity index (χ4n) is 1.86. The van der Waals surface area contributed by atoms with E-state index >= 15 is 0 Å². The third-order valence-electron chi connectivity index (χ3n) is 2.75. The molecule has 0 nitrogen and oxygen atoms in total. The summed E-state index contributed by atoms with van der Waals surface area (Å²) < 4.78 is 0. The van der Waals surface area contributed by atoms with Crippen LogP contribution in [0, 0.1) is 0 Å². The third-order valence-corrected chi connectivity index (χ3v) is 5.35. The van der Waals surface area contributed by atoms with Gasteiger partial charge in [-0.2, -0.15) is 0 Å². The zero-order valence-electron chi connectivity index (χ0n) is 9.89. The number of hydrogen-bond donors (Lipinski definition) is 0. The van der Waals surface area contributed by atoms with Crippen LogP contribution in [0.4, 0.5) is 0 Å². The minimum Gasteiger partial charge on any atom is -0.216 e. The van der Waals surface area contributed by atoms with Crippen LogP contribution < -0.4 is 0 Å². The zero-order chi connectivity index (χ0) is 11.4. The normalized spacial score (nSPS) is 12.4. The molecule has 0 fully saturated rings.